The van der Waals surface area contributed by atoms with Crippen LogP contribution in [-0.4, -0.2) is 41.1 Å². The van der Waals surface area contributed by atoms with Gasteiger partial charge in [0.1, 0.15) is 0 Å². The molecule has 144 valence electrons. The lowest BCUT2D eigenvalue weighted by Gasteiger charge is -2.28. The van der Waals surface area contributed by atoms with E-state index in [0.717, 1.165) is 43.1 Å². The van der Waals surface area contributed by atoms with Crippen LogP contribution in [0.3, 0.4) is 0 Å². The number of hydrogen-bond acceptors (Lipinski definition) is 5. The van der Waals surface area contributed by atoms with E-state index in [1.54, 1.807) is 0 Å². The molecular weight excluding hydrogens is 368 g/mol. The first-order valence-corrected chi connectivity index (χ1v) is 10.9. The number of ether oxygens (including phenoxy) is 1. The van der Waals surface area contributed by atoms with Crippen LogP contribution >= 0.6 is 11.8 Å². The van der Waals surface area contributed by atoms with Crippen LogP contribution in [0, 0.1) is 0 Å². The third kappa shape index (κ3) is 3.42. The predicted molar refractivity (Wildman–Crippen MR) is 112 cm³/mol. The Balaban J connectivity index is 1.52. The number of rotatable bonds is 4. The average molecular weight is 393 g/mol. The van der Waals surface area contributed by atoms with Crippen molar-refractivity contribution in [1.82, 2.24) is 14.8 Å². The minimum absolute atomic E-state index is 0.425. The fourth-order valence-corrected chi connectivity index (χ4v) is 5.35. The average Bonchev–Trinajstić information content (AvgIpc) is 3.19. The Hall–Kier alpha value is -2.31. The predicted octanol–water partition coefficient (Wildman–Crippen LogP) is 4.27. The van der Waals surface area contributed by atoms with Gasteiger partial charge in [-0.05, 0) is 42.5 Å². The lowest BCUT2D eigenvalue weighted by atomic mass is 9.91. The van der Waals surface area contributed by atoms with E-state index in [2.05, 4.69) is 68.2 Å². The minimum Gasteiger partial charge on any atom is -0.378 e. The first-order valence-electron chi connectivity index (χ1n) is 9.98. The third-order valence-electron chi connectivity index (χ3n) is 5.49. The van der Waals surface area contributed by atoms with Gasteiger partial charge in [0, 0.05) is 18.3 Å². The monoisotopic (exact) mass is 392 g/mol. The molecule has 1 unspecified atom stereocenters. The Kier molecular flexibility index (Phi) is 5.06. The maximum absolute atomic E-state index is 5.53. The van der Waals surface area contributed by atoms with Crippen LogP contribution in [0.2, 0.25) is 0 Å². The fourth-order valence-electron chi connectivity index (χ4n) is 4.07. The highest BCUT2D eigenvalue weighted by atomic mass is 32.2. The summed E-state index contributed by atoms with van der Waals surface area (Å²) in [5, 5.41) is 10.6. The highest BCUT2D eigenvalue weighted by Gasteiger charge is 2.26. The van der Waals surface area contributed by atoms with Crippen molar-refractivity contribution in [3.8, 4) is 5.69 Å². The summed E-state index contributed by atoms with van der Waals surface area (Å²) in [7, 11) is 0. The van der Waals surface area contributed by atoms with Gasteiger partial charge in [0.25, 0.3) is 0 Å². The quantitative estimate of drug-likeness (QED) is 0.663. The Labute approximate surface area is 169 Å². The van der Waals surface area contributed by atoms with E-state index in [4.69, 9.17) is 4.74 Å². The van der Waals surface area contributed by atoms with E-state index in [1.165, 1.54) is 30.4 Å². The molecule has 1 fully saturated rings. The summed E-state index contributed by atoms with van der Waals surface area (Å²) in [5.41, 5.74) is 4.04. The van der Waals surface area contributed by atoms with Crippen molar-refractivity contribution in [1.29, 1.82) is 0 Å². The maximum Gasteiger partial charge on any atom is 0.232 e. The van der Waals surface area contributed by atoms with Gasteiger partial charge in [-0.1, -0.05) is 54.2 Å². The second kappa shape index (κ2) is 7.97. The lowest BCUT2D eigenvalue weighted by molar-refractivity contribution is 0.122. The highest BCUT2D eigenvalue weighted by Crippen LogP contribution is 2.44. The molecule has 3 aromatic rings. The first kappa shape index (κ1) is 17.8. The number of aryl methyl sites for hydroxylation is 1. The summed E-state index contributed by atoms with van der Waals surface area (Å²) in [5.74, 6) is 0.918. The summed E-state index contributed by atoms with van der Waals surface area (Å²) < 4.78 is 7.75. The van der Waals surface area contributed by atoms with Crippen LogP contribution < -0.4 is 4.90 Å². The van der Waals surface area contributed by atoms with Crippen LogP contribution in [0.15, 0.2) is 59.8 Å². The smallest absolute Gasteiger partial charge is 0.232 e. The van der Waals surface area contributed by atoms with E-state index in [9.17, 15) is 0 Å². The second-order valence-electron chi connectivity index (χ2n) is 7.25. The van der Waals surface area contributed by atoms with Gasteiger partial charge < -0.3 is 9.64 Å². The number of para-hydroxylation sites is 1. The summed E-state index contributed by atoms with van der Waals surface area (Å²) in [6, 6.07) is 19.3. The fraction of sp³-hybridized carbons (Fsp3) is 0.364. The van der Waals surface area contributed by atoms with Crippen molar-refractivity contribution in [2.24, 2.45) is 0 Å². The molecule has 2 heterocycles. The molecule has 0 amide bonds. The SMILES string of the molecule is c1ccc(-n2c(SC3CCCc4ccccc43)nnc2N2CCOCC2)cc1. The Morgan fingerprint density at radius 2 is 1.71 bits per heavy atom. The molecular formula is C22H24N4OS. The zero-order chi connectivity index (χ0) is 18.8. The molecule has 5 rings (SSSR count). The zero-order valence-corrected chi connectivity index (χ0v) is 16.6. The Morgan fingerprint density at radius 1 is 0.929 bits per heavy atom. The van der Waals surface area contributed by atoms with E-state index in [0.29, 0.717) is 5.25 Å². The van der Waals surface area contributed by atoms with Gasteiger partial charge in [0.15, 0.2) is 5.16 Å². The second-order valence-corrected chi connectivity index (χ2v) is 8.42. The van der Waals surface area contributed by atoms with Crippen molar-refractivity contribution in [2.75, 3.05) is 31.2 Å². The van der Waals surface area contributed by atoms with E-state index in [-0.39, 0.29) is 0 Å². The number of morpholine rings is 1. The molecule has 0 radical (unpaired) electrons. The zero-order valence-electron chi connectivity index (χ0n) is 15.8. The topological polar surface area (TPSA) is 43.2 Å². The number of anilines is 1. The van der Waals surface area contributed by atoms with Gasteiger partial charge in [0.05, 0.1) is 18.9 Å². The van der Waals surface area contributed by atoms with Gasteiger partial charge in [-0.25, -0.2) is 0 Å². The first-order chi connectivity index (χ1) is 13.9. The highest BCUT2D eigenvalue weighted by molar-refractivity contribution is 7.99. The molecule has 2 aromatic carbocycles. The molecule has 0 saturated carbocycles. The van der Waals surface area contributed by atoms with Crippen LogP contribution in [0.4, 0.5) is 5.95 Å². The summed E-state index contributed by atoms with van der Waals surface area (Å²) in [6.07, 6.45) is 3.58. The molecule has 0 bridgehead atoms. The molecule has 28 heavy (non-hydrogen) atoms. The third-order valence-corrected chi connectivity index (χ3v) is 6.74. The minimum atomic E-state index is 0.425. The van der Waals surface area contributed by atoms with E-state index >= 15 is 0 Å². The van der Waals surface area contributed by atoms with Crippen molar-refractivity contribution in [3.63, 3.8) is 0 Å². The standard InChI is InChI=1S/C22H24N4OS/c1-2-9-18(10-3-1)26-21(25-13-15-27-16-14-25)23-24-22(26)28-20-12-6-8-17-7-4-5-11-19(17)20/h1-5,7,9-11,20H,6,8,12-16H2. The number of benzene rings is 2. The van der Waals surface area contributed by atoms with Gasteiger partial charge in [-0.3, -0.25) is 4.57 Å². The van der Waals surface area contributed by atoms with Crippen molar-refractivity contribution < 1.29 is 4.74 Å². The van der Waals surface area contributed by atoms with Gasteiger partial charge in [0.2, 0.25) is 5.95 Å². The van der Waals surface area contributed by atoms with Crippen molar-refractivity contribution in [3.05, 3.63) is 65.7 Å². The molecule has 1 aliphatic carbocycles. The van der Waals surface area contributed by atoms with Gasteiger partial charge in [-0.15, -0.1) is 10.2 Å². The Morgan fingerprint density at radius 3 is 2.57 bits per heavy atom. The molecule has 1 aliphatic heterocycles. The molecule has 5 nitrogen and oxygen atoms in total. The largest absolute Gasteiger partial charge is 0.378 e. The molecule has 1 saturated heterocycles. The maximum atomic E-state index is 5.53. The summed E-state index contributed by atoms with van der Waals surface area (Å²) in [4.78, 5) is 2.28. The number of aromatic nitrogens is 3. The summed E-state index contributed by atoms with van der Waals surface area (Å²) in [6.45, 7) is 3.17. The van der Waals surface area contributed by atoms with E-state index < -0.39 is 0 Å². The van der Waals surface area contributed by atoms with Crippen LogP contribution in [0.5, 0.6) is 0 Å². The van der Waals surface area contributed by atoms with Crippen LogP contribution in [-0.2, 0) is 11.2 Å². The van der Waals surface area contributed by atoms with Gasteiger partial charge in [-0.2, -0.15) is 0 Å². The van der Waals surface area contributed by atoms with Crippen LogP contribution in [0.25, 0.3) is 5.69 Å². The molecule has 2 aliphatic rings. The lowest BCUT2D eigenvalue weighted by Crippen LogP contribution is -2.37. The molecule has 0 spiro atoms. The summed E-state index contributed by atoms with van der Waals surface area (Å²) >= 11 is 1.84. The number of nitrogens with zero attached hydrogens (tertiary/aromatic N) is 4. The van der Waals surface area contributed by atoms with Gasteiger partial charge >= 0.3 is 0 Å². The number of hydrogen-bond donors (Lipinski definition) is 0. The van der Waals surface area contributed by atoms with E-state index in [1.807, 2.05) is 17.8 Å². The number of thioether (sulfide) groups is 1. The molecule has 0 N–H and O–H groups in total. The Bertz CT molecular complexity index is 937. The van der Waals surface area contributed by atoms with Crippen molar-refractivity contribution in [2.45, 2.75) is 29.7 Å². The molecule has 6 heteroatoms. The van der Waals surface area contributed by atoms with Crippen molar-refractivity contribution >= 4 is 17.7 Å². The molecule has 1 atom stereocenters. The normalized spacial score (nSPS) is 19.4. The number of fused-ring (bicyclic) bond motifs is 1. The molecule has 1 aromatic heterocycles. The van der Waals surface area contributed by atoms with Crippen LogP contribution in [0.1, 0.15) is 29.2 Å².